The molecule has 86 valence electrons. The Morgan fingerprint density at radius 2 is 2.29 bits per heavy atom. The van der Waals surface area contributed by atoms with Gasteiger partial charge in [0.1, 0.15) is 5.70 Å². The number of carbonyl (C=O) groups is 1. The van der Waals surface area contributed by atoms with Gasteiger partial charge in [0.15, 0.2) is 0 Å². The minimum absolute atomic E-state index is 0.314. The highest BCUT2D eigenvalue weighted by atomic mass is 16.4. The molecular formula is C10H9N5O2. The summed E-state index contributed by atoms with van der Waals surface area (Å²) in [5, 5.41) is 19.5. The van der Waals surface area contributed by atoms with Gasteiger partial charge in [0.05, 0.1) is 12.0 Å². The number of aliphatic carboxylic acids is 1. The Balaban J connectivity index is 0.000000181. The molecule has 0 atom stereocenters. The Hall–Kier alpha value is -2.57. The number of rotatable bonds is 1. The first-order valence-electron chi connectivity index (χ1n) is 4.82. The standard InChI is InChI=1S/C7H5N3O2.C3H4N2/c11-7(12)4-1-2-5-6(3-4)9-10-8-5;1-2-5-3-4-1/h1-2H,3H2,(H,11,12);1-3H,(H,4,5). The van der Waals surface area contributed by atoms with Crippen molar-refractivity contribution in [2.24, 2.45) is 15.4 Å². The van der Waals surface area contributed by atoms with E-state index in [2.05, 4.69) is 25.4 Å². The number of hydrogen-bond donors (Lipinski definition) is 2. The van der Waals surface area contributed by atoms with Gasteiger partial charge in [0.25, 0.3) is 0 Å². The summed E-state index contributed by atoms with van der Waals surface area (Å²) in [4.78, 5) is 16.9. The molecule has 3 rings (SSSR count). The first-order valence-corrected chi connectivity index (χ1v) is 4.82. The van der Waals surface area contributed by atoms with Gasteiger partial charge in [-0.3, -0.25) is 0 Å². The number of nitrogens with one attached hydrogen (secondary N) is 1. The van der Waals surface area contributed by atoms with Crippen LogP contribution in [-0.4, -0.2) is 26.8 Å². The predicted octanol–water partition coefficient (Wildman–Crippen LogP) is 1.52. The molecule has 0 aromatic carbocycles. The molecule has 0 amide bonds. The molecule has 17 heavy (non-hydrogen) atoms. The first-order chi connectivity index (χ1) is 8.27. The fourth-order valence-electron chi connectivity index (χ4n) is 1.27. The largest absolute Gasteiger partial charge is 0.478 e. The number of aromatic nitrogens is 2. The van der Waals surface area contributed by atoms with E-state index in [4.69, 9.17) is 5.11 Å². The second kappa shape index (κ2) is 4.97. The SMILES string of the molecule is O=C(O)C1=CC=C2N=NN=C2C1.c1c[nH]cn1. The predicted molar refractivity (Wildman–Crippen MR) is 59.3 cm³/mol. The van der Waals surface area contributed by atoms with E-state index in [1.807, 2.05) is 0 Å². The number of fused-ring (bicyclic) bond motifs is 1. The number of allylic oxidation sites excluding steroid dienone is 3. The molecule has 0 saturated heterocycles. The molecule has 0 spiro atoms. The average Bonchev–Trinajstić information content (AvgIpc) is 3.02. The summed E-state index contributed by atoms with van der Waals surface area (Å²) in [7, 11) is 0. The average molecular weight is 231 g/mol. The van der Waals surface area contributed by atoms with Crippen LogP contribution >= 0.6 is 0 Å². The van der Waals surface area contributed by atoms with Crippen LogP contribution in [0.15, 0.2) is 57.6 Å². The maximum absolute atomic E-state index is 10.5. The highest BCUT2D eigenvalue weighted by molar-refractivity contribution is 6.08. The van der Waals surface area contributed by atoms with Crippen LogP contribution < -0.4 is 0 Å². The smallest absolute Gasteiger partial charge is 0.331 e. The van der Waals surface area contributed by atoms with E-state index in [0.29, 0.717) is 23.4 Å². The molecule has 1 aromatic rings. The number of carboxylic acids is 1. The van der Waals surface area contributed by atoms with Gasteiger partial charge in [-0.05, 0) is 17.4 Å². The molecule has 0 radical (unpaired) electrons. The van der Waals surface area contributed by atoms with Crippen molar-refractivity contribution in [1.29, 1.82) is 0 Å². The number of hydrogen-bond acceptors (Lipinski definition) is 5. The zero-order chi connectivity index (χ0) is 12.1. The van der Waals surface area contributed by atoms with Crippen molar-refractivity contribution in [3.63, 3.8) is 0 Å². The van der Waals surface area contributed by atoms with E-state index in [-0.39, 0.29) is 0 Å². The van der Waals surface area contributed by atoms with Gasteiger partial charge in [-0.15, -0.1) is 10.2 Å². The van der Waals surface area contributed by atoms with Gasteiger partial charge in [-0.2, -0.15) is 0 Å². The topological polar surface area (TPSA) is 103 Å². The fraction of sp³-hybridized carbons (Fsp3) is 0.100. The van der Waals surface area contributed by atoms with E-state index < -0.39 is 5.97 Å². The van der Waals surface area contributed by atoms with Crippen LogP contribution in [0.2, 0.25) is 0 Å². The highest BCUT2D eigenvalue weighted by Gasteiger charge is 2.20. The molecule has 2 N–H and O–H groups in total. The van der Waals surface area contributed by atoms with Gasteiger partial charge >= 0.3 is 5.97 Å². The number of imidazole rings is 1. The Labute approximate surface area is 96.3 Å². The number of nitrogens with zero attached hydrogens (tertiary/aromatic N) is 4. The maximum Gasteiger partial charge on any atom is 0.331 e. The van der Waals surface area contributed by atoms with Crippen molar-refractivity contribution in [2.75, 3.05) is 0 Å². The lowest BCUT2D eigenvalue weighted by Gasteiger charge is -2.05. The first kappa shape index (κ1) is 10.9. The number of H-pyrrole nitrogens is 1. The Morgan fingerprint density at radius 3 is 2.88 bits per heavy atom. The van der Waals surface area contributed by atoms with Gasteiger partial charge in [-0.25, -0.2) is 9.78 Å². The summed E-state index contributed by atoms with van der Waals surface area (Å²) in [6.07, 6.45) is 8.54. The molecule has 1 aromatic heterocycles. The molecular weight excluding hydrogens is 222 g/mol. The lowest BCUT2D eigenvalue weighted by atomic mass is 10.0. The van der Waals surface area contributed by atoms with E-state index in [0.717, 1.165) is 0 Å². The van der Waals surface area contributed by atoms with E-state index in [1.165, 1.54) is 6.08 Å². The third-order valence-corrected chi connectivity index (χ3v) is 2.09. The van der Waals surface area contributed by atoms with Crippen LogP contribution in [0.3, 0.4) is 0 Å². The maximum atomic E-state index is 10.5. The Bertz CT molecular complexity index is 508. The third-order valence-electron chi connectivity index (χ3n) is 2.09. The minimum Gasteiger partial charge on any atom is -0.478 e. The van der Waals surface area contributed by atoms with Crippen molar-refractivity contribution >= 4 is 11.7 Å². The van der Waals surface area contributed by atoms with E-state index >= 15 is 0 Å². The van der Waals surface area contributed by atoms with Gasteiger partial charge in [0.2, 0.25) is 0 Å². The molecule has 7 nitrogen and oxygen atoms in total. The van der Waals surface area contributed by atoms with Crippen LogP contribution in [0.25, 0.3) is 0 Å². The fourth-order valence-corrected chi connectivity index (χ4v) is 1.27. The van der Waals surface area contributed by atoms with Crippen molar-refractivity contribution < 1.29 is 9.90 Å². The summed E-state index contributed by atoms with van der Waals surface area (Å²) in [6, 6.07) is 0. The Kier molecular flexibility index (Phi) is 3.20. The molecule has 2 heterocycles. The zero-order valence-electron chi connectivity index (χ0n) is 8.74. The summed E-state index contributed by atoms with van der Waals surface area (Å²) >= 11 is 0. The number of carboxylic acid groups (broad SMARTS) is 1. The molecule has 0 fully saturated rings. The molecule has 7 heteroatoms. The summed E-state index contributed by atoms with van der Waals surface area (Å²) < 4.78 is 0. The Morgan fingerprint density at radius 1 is 1.41 bits per heavy atom. The minimum atomic E-state index is -0.917. The summed E-state index contributed by atoms with van der Waals surface area (Å²) in [6.45, 7) is 0. The van der Waals surface area contributed by atoms with Gasteiger partial charge < -0.3 is 10.1 Å². The quantitative estimate of drug-likeness (QED) is 0.765. The third kappa shape index (κ3) is 2.71. The summed E-state index contributed by atoms with van der Waals surface area (Å²) in [5.74, 6) is -0.917. The second-order valence-corrected chi connectivity index (χ2v) is 3.22. The van der Waals surface area contributed by atoms with E-state index in [1.54, 1.807) is 24.8 Å². The van der Waals surface area contributed by atoms with E-state index in [9.17, 15) is 4.79 Å². The molecule has 1 aliphatic heterocycles. The van der Waals surface area contributed by atoms with Crippen LogP contribution in [0, 0.1) is 0 Å². The molecule has 0 bridgehead atoms. The lowest BCUT2D eigenvalue weighted by Crippen LogP contribution is -2.10. The number of aromatic amines is 1. The molecule has 1 aliphatic carbocycles. The monoisotopic (exact) mass is 231 g/mol. The van der Waals surface area contributed by atoms with Crippen molar-refractivity contribution in [2.45, 2.75) is 6.42 Å². The van der Waals surface area contributed by atoms with Crippen molar-refractivity contribution in [3.05, 3.63) is 42.1 Å². The summed E-state index contributed by atoms with van der Waals surface area (Å²) in [5.41, 5.74) is 1.62. The van der Waals surface area contributed by atoms with Crippen molar-refractivity contribution in [3.8, 4) is 0 Å². The van der Waals surface area contributed by atoms with Gasteiger partial charge in [-0.1, -0.05) is 0 Å². The zero-order valence-corrected chi connectivity index (χ0v) is 8.74. The van der Waals surface area contributed by atoms with Crippen LogP contribution in [0.5, 0.6) is 0 Å². The van der Waals surface area contributed by atoms with Crippen LogP contribution in [-0.2, 0) is 4.79 Å². The second-order valence-electron chi connectivity index (χ2n) is 3.22. The van der Waals surface area contributed by atoms with Crippen LogP contribution in [0.1, 0.15) is 6.42 Å². The highest BCUT2D eigenvalue weighted by Crippen LogP contribution is 2.21. The van der Waals surface area contributed by atoms with Crippen LogP contribution in [0.4, 0.5) is 0 Å². The molecule has 0 unspecified atom stereocenters. The molecule has 0 saturated carbocycles. The van der Waals surface area contributed by atoms with Gasteiger partial charge in [0, 0.05) is 24.4 Å². The van der Waals surface area contributed by atoms with Crippen molar-refractivity contribution in [1.82, 2.24) is 9.97 Å². The normalized spacial score (nSPS) is 16.1. The molecule has 2 aliphatic rings. The lowest BCUT2D eigenvalue weighted by molar-refractivity contribution is -0.132.